The number of carbonyl (C=O) groups excluding carboxylic acids is 1. The van der Waals surface area contributed by atoms with Gasteiger partial charge in [0, 0.05) is 23.2 Å². The quantitative estimate of drug-likeness (QED) is 0.867. The molecular weight excluding hydrogens is 284 g/mol. The van der Waals surface area contributed by atoms with Crippen molar-refractivity contribution < 1.29 is 9.53 Å². The largest absolute Gasteiger partial charge is 0.496 e. The van der Waals surface area contributed by atoms with Crippen LogP contribution in [0, 0.1) is 0 Å². The maximum atomic E-state index is 12.8. The van der Waals surface area contributed by atoms with Crippen LogP contribution in [0.2, 0.25) is 0 Å². The van der Waals surface area contributed by atoms with Crippen molar-refractivity contribution in [1.82, 2.24) is 4.90 Å². The Morgan fingerprint density at radius 3 is 3.00 bits per heavy atom. The normalized spacial score (nSPS) is 17.4. The lowest BCUT2D eigenvalue weighted by Crippen LogP contribution is -2.38. The number of ether oxygens (including phenoxy) is 1. The van der Waals surface area contributed by atoms with Crippen LogP contribution in [0.3, 0.4) is 0 Å². The Morgan fingerprint density at radius 1 is 1.43 bits per heavy atom. The van der Waals surface area contributed by atoms with Gasteiger partial charge in [0.2, 0.25) is 0 Å². The molecule has 110 valence electrons. The van der Waals surface area contributed by atoms with E-state index >= 15 is 0 Å². The highest BCUT2D eigenvalue weighted by Crippen LogP contribution is 2.35. The third kappa shape index (κ3) is 2.38. The van der Waals surface area contributed by atoms with Crippen LogP contribution in [0.25, 0.3) is 0 Å². The molecule has 0 aliphatic carbocycles. The smallest absolute Gasteiger partial charge is 0.258 e. The molecule has 1 aliphatic heterocycles. The Labute approximate surface area is 128 Å². The van der Waals surface area contributed by atoms with E-state index < -0.39 is 0 Å². The van der Waals surface area contributed by atoms with E-state index in [1.54, 1.807) is 36.6 Å². The van der Waals surface area contributed by atoms with Gasteiger partial charge in [-0.25, -0.2) is 0 Å². The Morgan fingerprint density at radius 2 is 2.24 bits per heavy atom. The molecule has 4 nitrogen and oxygen atoms in total. The van der Waals surface area contributed by atoms with Crippen molar-refractivity contribution in [2.24, 2.45) is 0 Å². The summed E-state index contributed by atoms with van der Waals surface area (Å²) in [5, 5.41) is 2.10. The van der Waals surface area contributed by atoms with Gasteiger partial charge < -0.3 is 15.4 Å². The molecule has 3 rings (SSSR count). The highest BCUT2D eigenvalue weighted by Gasteiger charge is 2.30. The van der Waals surface area contributed by atoms with Crippen LogP contribution in [-0.4, -0.2) is 24.5 Å². The molecule has 1 aliphatic rings. The van der Waals surface area contributed by atoms with E-state index in [0.29, 0.717) is 17.0 Å². The summed E-state index contributed by atoms with van der Waals surface area (Å²) in [5.74, 6) is 0.527. The summed E-state index contributed by atoms with van der Waals surface area (Å²) in [5.41, 5.74) is 8.17. The number of nitrogens with two attached hydrogens (primary N) is 1. The SMILES string of the molecule is COc1cc(N)ccc1C(=O)N1CCc2sccc2C1C. The van der Waals surface area contributed by atoms with Crippen LogP contribution in [0.4, 0.5) is 5.69 Å². The number of rotatable bonds is 2. The fraction of sp³-hybridized carbons (Fsp3) is 0.312. The summed E-state index contributed by atoms with van der Waals surface area (Å²) in [6, 6.07) is 7.38. The van der Waals surface area contributed by atoms with E-state index in [4.69, 9.17) is 10.5 Å². The first-order valence-corrected chi connectivity index (χ1v) is 7.80. The van der Waals surface area contributed by atoms with E-state index in [2.05, 4.69) is 18.4 Å². The van der Waals surface area contributed by atoms with E-state index in [1.807, 2.05) is 4.90 Å². The first-order valence-electron chi connectivity index (χ1n) is 6.92. The van der Waals surface area contributed by atoms with Gasteiger partial charge in [-0.05, 0) is 42.5 Å². The van der Waals surface area contributed by atoms with Crippen LogP contribution in [0.15, 0.2) is 29.6 Å². The van der Waals surface area contributed by atoms with Gasteiger partial charge >= 0.3 is 0 Å². The minimum Gasteiger partial charge on any atom is -0.496 e. The molecule has 2 N–H and O–H groups in total. The summed E-state index contributed by atoms with van der Waals surface area (Å²) < 4.78 is 5.30. The topological polar surface area (TPSA) is 55.6 Å². The molecule has 1 aromatic heterocycles. The number of amides is 1. The van der Waals surface area contributed by atoms with E-state index in [-0.39, 0.29) is 11.9 Å². The summed E-state index contributed by atoms with van der Waals surface area (Å²) in [6.45, 7) is 2.81. The highest BCUT2D eigenvalue weighted by atomic mass is 32.1. The fourth-order valence-electron chi connectivity index (χ4n) is 2.83. The number of carbonyl (C=O) groups is 1. The van der Waals surface area contributed by atoms with E-state index in [9.17, 15) is 4.79 Å². The maximum absolute atomic E-state index is 12.8. The number of methoxy groups -OCH3 is 1. The first kappa shape index (κ1) is 13.9. The molecule has 1 aromatic carbocycles. The fourth-order valence-corrected chi connectivity index (χ4v) is 3.79. The lowest BCUT2D eigenvalue weighted by Gasteiger charge is -2.34. The van der Waals surface area contributed by atoms with E-state index in [0.717, 1.165) is 13.0 Å². The van der Waals surface area contributed by atoms with Crippen LogP contribution >= 0.6 is 11.3 Å². The summed E-state index contributed by atoms with van der Waals surface area (Å²) >= 11 is 1.77. The minimum absolute atomic E-state index is 0.00352. The van der Waals surface area contributed by atoms with Gasteiger partial charge in [-0.1, -0.05) is 0 Å². The second-order valence-electron chi connectivity index (χ2n) is 5.18. The van der Waals surface area contributed by atoms with Crippen molar-refractivity contribution in [1.29, 1.82) is 0 Å². The van der Waals surface area contributed by atoms with Crippen molar-refractivity contribution in [2.45, 2.75) is 19.4 Å². The third-order valence-corrected chi connectivity index (χ3v) is 4.99. The molecule has 0 saturated carbocycles. The maximum Gasteiger partial charge on any atom is 0.258 e. The van der Waals surface area contributed by atoms with Crippen molar-refractivity contribution in [2.75, 3.05) is 19.4 Å². The zero-order chi connectivity index (χ0) is 15.0. The van der Waals surface area contributed by atoms with Crippen molar-refractivity contribution >= 4 is 22.9 Å². The number of hydrogen-bond acceptors (Lipinski definition) is 4. The van der Waals surface area contributed by atoms with Crippen LogP contribution in [0.1, 0.15) is 33.8 Å². The van der Waals surface area contributed by atoms with Gasteiger partial charge in [0.25, 0.3) is 5.91 Å². The zero-order valence-electron chi connectivity index (χ0n) is 12.1. The Hall–Kier alpha value is -2.01. The predicted molar refractivity (Wildman–Crippen MR) is 84.9 cm³/mol. The second-order valence-corrected chi connectivity index (χ2v) is 6.18. The second kappa shape index (κ2) is 5.41. The summed E-state index contributed by atoms with van der Waals surface area (Å²) in [6.07, 6.45) is 0.917. The number of nitrogen functional groups attached to an aromatic ring is 1. The molecule has 0 fully saturated rings. The van der Waals surface area contributed by atoms with Crippen molar-refractivity contribution in [3.05, 3.63) is 45.6 Å². The Kier molecular flexibility index (Phi) is 3.59. The molecule has 0 saturated heterocycles. The number of hydrogen-bond donors (Lipinski definition) is 1. The van der Waals surface area contributed by atoms with Crippen LogP contribution in [-0.2, 0) is 6.42 Å². The van der Waals surface area contributed by atoms with Gasteiger partial charge in [-0.15, -0.1) is 11.3 Å². The highest BCUT2D eigenvalue weighted by molar-refractivity contribution is 7.10. The lowest BCUT2D eigenvalue weighted by molar-refractivity contribution is 0.0676. The Balaban J connectivity index is 1.93. The van der Waals surface area contributed by atoms with Gasteiger partial charge in [0.15, 0.2) is 0 Å². The number of anilines is 1. The van der Waals surface area contributed by atoms with Crippen molar-refractivity contribution in [3.63, 3.8) is 0 Å². The summed E-state index contributed by atoms with van der Waals surface area (Å²) in [7, 11) is 1.56. The molecular formula is C16H18N2O2S. The molecule has 2 heterocycles. The average Bonchev–Trinajstić information content (AvgIpc) is 2.96. The third-order valence-electron chi connectivity index (χ3n) is 3.99. The van der Waals surface area contributed by atoms with Gasteiger partial charge in [0.1, 0.15) is 5.75 Å². The van der Waals surface area contributed by atoms with Crippen LogP contribution in [0.5, 0.6) is 5.75 Å². The molecule has 1 unspecified atom stereocenters. The molecule has 1 atom stereocenters. The monoisotopic (exact) mass is 302 g/mol. The molecule has 21 heavy (non-hydrogen) atoms. The first-order chi connectivity index (χ1) is 10.1. The minimum atomic E-state index is -0.00352. The molecule has 0 bridgehead atoms. The molecule has 0 radical (unpaired) electrons. The van der Waals surface area contributed by atoms with Gasteiger partial charge in [0.05, 0.1) is 18.7 Å². The van der Waals surface area contributed by atoms with Crippen LogP contribution < -0.4 is 10.5 Å². The lowest BCUT2D eigenvalue weighted by atomic mass is 10.00. The number of fused-ring (bicyclic) bond motifs is 1. The molecule has 2 aromatic rings. The number of nitrogens with zero attached hydrogens (tertiary/aromatic N) is 1. The molecule has 0 spiro atoms. The molecule has 5 heteroatoms. The average molecular weight is 302 g/mol. The van der Waals surface area contributed by atoms with Gasteiger partial charge in [-0.2, -0.15) is 0 Å². The standard InChI is InChI=1S/C16H18N2O2S/c1-10-12-6-8-21-15(12)5-7-18(10)16(19)13-4-3-11(17)9-14(13)20-2/h3-4,6,8-10H,5,7,17H2,1-2H3. The molecule has 1 amide bonds. The predicted octanol–water partition coefficient (Wildman–Crippen LogP) is 3.10. The summed E-state index contributed by atoms with van der Waals surface area (Å²) in [4.78, 5) is 16.1. The van der Waals surface area contributed by atoms with Gasteiger partial charge in [-0.3, -0.25) is 4.79 Å². The number of thiophene rings is 1. The van der Waals surface area contributed by atoms with Crippen molar-refractivity contribution in [3.8, 4) is 5.75 Å². The Bertz CT molecular complexity index is 681. The zero-order valence-corrected chi connectivity index (χ0v) is 12.9. The van der Waals surface area contributed by atoms with E-state index in [1.165, 1.54) is 10.4 Å². The number of benzene rings is 1.